The molecule has 1 aromatic heterocycles. The van der Waals surface area contributed by atoms with Gasteiger partial charge in [0, 0.05) is 0 Å². The molecule has 17 heavy (non-hydrogen) atoms. The highest BCUT2D eigenvalue weighted by Gasteiger charge is 2.13. The van der Waals surface area contributed by atoms with Crippen LogP contribution in [0, 0.1) is 13.8 Å². The van der Waals surface area contributed by atoms with E-state index in [2.05, 4.69) is 60.0 Å². The molecule has 2 rings (SSSR count). The van der Waals surface area contributed by atoms with Crippen molar-refractivity contribution >= 4 is 21.7 Å². The minimum absolute atomic E-state index is 0.139. The highest BCUT2D eigenvalue weighted by Crippen LogP contribution is 2.26. The third-order valence-electron chi connectivity index (χ3n) is 3.17. The summed E-state index contributed by atoms with van der Waals surface area (Å²) < 4.78 is 2.67. The van der Waals surface area contributed by atoms with E-state index in [0.717, 1.165) is 4.47 Å². The predicted octanol–water partition coefficient (Wildman–Crippen LogP) is 3.45. The van der Waals surface area contributed by atoms with Gasteiger partial charge in [-0.3, -0.25) is 0 Å². The Hall–Kier alpha value is -1.29. The summed E-state index contributed by atoms with van der Waals surface area (Å²) in [5.74, 6) is 0.663. The van der Waals surface area contributed by atoms with Gasteiger partial charge in [0.15, 0.2) is 0 Å². The molecule has 3 nitrogen and oxygen atoms in total. The van der Waals surface area contributed by atoms with Gasteiger partial charge in [-0.1, -0.05) is 18.2 Å². The fourth-order valence-corrected chi connectivity index (χ4v) is 2.10. The van der Waals surface area contributed by atoms with Gasteiger partial charge >= 0.3 is 0 Å². The summed E-state index contributed by atoms with van der Waals surface area (Å²) in [4.78, 5) is 0. The van der Waals surface area contributed by atoms with Gasteiger partial charge in [0.1, 0.15) is 5.82 Å². The first kappa shape index (κ1) is 12.2. The van der Waals surface area contributed by atoms with Crippen LogP contribution >= 0.6 is 15.9 Å². The molecule has 0 fully saturated rings. The average molecular weight is 294 g/mol. The van der Waals surface area contributed by atoms with Gasteiger partial charge in [-0.25, -0.2) is 4.68 Å². The summed E-state index contributed by atoms with van der Waals surface area (Å²) in [5, 5.41) is 4.29. The zero-order valence-electron chi connectivity index (χ0n) is 10.2. The summed E-state index contributed by atoms with van der Waals surface area (Å²) in [6.45, 7) is 6.33. The van der Waals surface area contributed by atoms with E-state index in [1.54, 1.807) is 6.20 Å². The van der Waals surface area contributed by atoms with E-state index in [1.807, 2.05) is 4.68 Å². The zero-order valence-corrected chi connectivity index (χ0v) is 11.8. The predicted molar refractivity (Wildman–Crippen MR) is 74.1 cm³/mol. The number of hydrogen-bond donors (Lipinski definition) is 1. The highest BCUT2D eigenvalue weighted by atomic mass is 79.9. The monoisotopic (exact) mass is 293 g/mol. The molecule has 0 bridgehead atoms. The minimum atomic E-state index is 0.139. The van der Waals surface area contributed by atoms with Crippen molar-refractivity contribution in [1.82, 2.24) is 9.78 Å². The molecule has 0 saturated carbocycles. The minimum Gasteiger partial charge on any atom is -0.383 e. The van der Waals surface area contributed by atoms with Crippen molar-refractivity contribution in [2.75, 3.05) is 5.73 Å². The molecule has 90 valence electrons. The molecule has 0 aliphatic carbocycles. The van der Waals surface area contributed by atoms with E-state index < -0.39 is 0 Å². The normalized spacial score (nSPS) is 12.7. The van der Waals surface area contributed by atoms with Crippen molar-refractivity contribution < 1.29 is 0 Å². The van der Waals surface area contributed by atoms with Crippen LogP contribution in [0.4, 0.5) is 5.82 Å². The summed E-state index contributed by atoms with van der Waals surface area (Å²) >= 11 is 3.37. The fourth-order valence-electron chi connectivity index (χ4n) is 1.82. The standard InChI is InChI=1S/C13H16BrN3/c1-8-4-5-11(6-9(8)2)10(3)17-13(15)12(14)7-16-17/h4-7,10H,15H2,1-3H3. The van der Waals surface area contributed by atoms with Crippen molar-refractivity contribution in [3.8, 4) is 0 Å². The van der Waals surface area contributed by atoms with Crippen LogP contribution in [0.3, 0.4) is 0 Å². The number of aryl methyl sites for hydroxylation is 2. The molecule has 1 atom stereocenters. The molecule has 4 heteroatoms. The second-order valence-corrected chi connectivity index (χ2v) is 5.20. The number of rotatable bonds is 2. The first-order valence-electron chi connectivity index (χ1n) is 5.56. The molecule has 0 saturated heterocycles. The number of aromatic nitrogens is 2. The summed E-state index contributed by atoms with van der Waals surface area (Å²) in [6, 6.07) is 6.59. The molecule has 0 amide bonds. The van der Waals surface area contributed by atoms with Gasteiger partial charge < -0.3 is 5.73 Å². The summed E-state index contributed by atoms with van der Waals surface area (Å²) in [5.41, 5.74) is 9.77. The van der Waals surface area contributed by atoms with E-state index in [9.17, 15) is 0 Å². The second-order valence-electron chi connectivity index (χ2n) is 4.34. The summed E-state index contributed by atoms with van der Waals surface area (Å²) in [7, 11) is 0. The van der Waals surface area contributed by atoms with E-state index >= 15 is 0 Å². The Labute approximate surface area is 110 Å². The Kier molecular flexibility index (Phi) is 3.24. The van der Waals surface area contributed by atoms with E-state index in [-0.39, 0.29) is 6.04 Å². The van der Waals surface area contributed by atoms with Crippen molar-refractivity contribution in [3.63, 3.8) is 0 Å². The van der Waals surface area contributed by atoms with Gasteiger partial charge in [0.05, 0.1) is 16.7 Å². The zero-order chi connectivity index (χ0) is 12.6. The molecule has 0 radical (unpaired) electrons. The lowest BCUT2D eigenvalue weighted by atomic mass is 10.0. The molecular formula is C13H16BrN3. The molecule has 0 spiro atoms. The van der Waals surface area contributed by atoms with E-state index in [1.165, 1.54) is 16.7 Å². The molecular weight excluding hydrogens is 278 g/mol. The largest absolute Gasteiger partial charge is 0.383 e. The number of benzene rings is 1. The van der Waals surface area contributed by atoms with Crippen LogP contribution in [0.2, 0.25) is 0 Å². The molecule has 0 aliphatic rings. The van der Waals surface area contributed by atoms with E-state index in [0.29, 0.717) is 5.82 Å². The van der Waals surface area contributed by atoms with Crippen molar-refractivity contribution in [3.05, 3.63) is 45.6 Å². The molecule has 2 N–H and O–H groups in total. The van der Waals surface area contributed by atoms with Crippen LogP contribution < -0.4 is 5.73 Å². The topological polar surface area (TPSA) is 43.8 Å². The maximum atomic E-state index is 5.96. The van der Waals surface area contributed by atoms with Crippen LogP contribution in [0.25, 0.3) is 0 Å². The van der Waals surface area contributed by atoms with Gasteiger partial charge in [-0.2, -0.15) is 5.10 Å². The molecule has 1 unspecified atom stereocenters. The Morgan fingerprint density at radius 2 is 2.00 bits per heavy atom. The number of hydrogen-bond acceptors (Lipinski definition) is 2. The lowest BCUT2D eigenvalue weighted by Crippen LogP contribution is -2.11. The fraction of sp³-hybridized carbons (Fsp3) is 0.308. The number of halogens is 1. The first-order valence-corrected chi connectivity index (χ1v) is 6.35. The third kappa shape index (κ3) is 2.22. The number of nitrogens with two attached hydrogens (primary N) is 1. The van der Waals surface area contributed by atoms with E-state index in [4.69, 9.17) is 5.73 Å². The van der Waals surface area contributed by atoms with Crippen LogP contribution in [-0.4, -0.2) is 9.78 Å². The molecule has 1 aromatic carbocycles. The smallest absolute Gasteiger partial charge is 0.136 e. The average Bonchev–Trinajstić information content (AvgIpc) is 2.63. The van der Waals surface area contributed by atoms with Crippen molar-refractivity contribution in [2.45, 2.75) is 26.8 Å². The maximum Gasteiger partial charge on any atom is 0.136 e. The molecule has 1 heterocycles. The second kappa shape index (κ2) is 4.53. The van der Waals surface area contributed by atoms with Crippen LogP contribution in [0.5, 0.6) is 0 Å². The summed E-state index contributed by atoms with van der Waals surface area (Å²) in [6.07, 6.45) is 1.73. The van der Waals surface area contributed by atoms with Crippen molar-refractivity contribution in [1.29, 1.82) is 0 Å². The van der Waals surface area contributed by atoms with Gasteiger partial charge in [-0.15, -0.1) is 0 Å². The van der Waals surface area contributed by atoms with Crippen molar-refractivity contribution in [2.24, 2.45) is 0 Å². The SMILES string of the molecule is Cc1ccc(C(C)n2ncc(Br)c2N)cc1C. The molecule has 0 aliphatic heterocycles. The number of nitrogens with zero attached hydrogens (tertiary/aromatic N) is 2. The Balaban J connectivity index is 2.40. The first-order chi connectivity index (χ1) is 8.00. The quantitative estimate of drug-likeness (QED) is 0.922. The Morgan fingerprint density at radius 3 is 2.53 bits per heavy atom. The van der Waals surface area contributed by atoms with Crippen LogP contribution in [-0.2, 0) is 0 Å². The van der Waals surface area contributed by atoms with Crippen LogP contribution in [0.1, 0.15) is 29.7 Å². The number of anilines is 1. The Bertz CT molecular complexity index is 546. The molecule has 2 aromatic rings. The van der Waals surface area contributed by atoms with Gasteiger partial charge in [-0.05, 0) is 53.4 Å². The number of nitrogen functional groups attached to an aromatic ring is 1. The third-order valence-corrected chi connectivity index (χ3v) is 3.78. The van der Waals surface area contributed by atoms with Gasteiger partial charge in [0.25, 0.3) is 0 Å². The van der Waals surface area contributed by atoms with Gasteiger partial charge in [0.2, 0.25) is 0 Å². The Morgan fingerprint density at radius 1 is 1.29 bits per heavy atom. The maximum absolute atomic E-state index is 5.96. The lowest BCUT2D eigenvalue weighted by Gasteiger charge is -2.15. The van der Waals surface area contributed by atoms with Crippen LogP contribution in [0.15, 0.2) is 28.9 Å². The lowest BCUT2D eigenvalue weighted by molar-refractivity contribution is 0.572. The highest BCUT2D eigenvalue weighted by molar-refractivity contribution is 9.10.